The second kappa shape index (κ2) is 5.86. The van der Waals surface area contributed by atoms with Crippen molar-refractivity contribution in [3.8, 4) is 0 Å². The third-order valence-electron chi connectivity index (χ3n) is 3.23. The molecule has 0 aliphatic heterocycles. The number of hydrogen-bond donors (Lipinski definition) is 1. The maximum Gasteiger partial charge on any atom is 0.341 e. The molecule has 1 aliphatic carbocycles. The van der Waals surface area contributed by atoms with Crippen LogP contribution in [0.5, 0.6) is 0 Å². The molecule has 0 amide bonds. The van der Waals surface area contributed by atoms with Crippen LogP contribution >= 0.6 is 0 Å². The summed E-state index contributed by atoms with van der Waals surface area (Å²) in [5, 5.41) is 2.94. The molecule has 6 heteroatoms. The zero-order valence-corrected chi connectivity index (χ0v) is 11.3. The van der Waals surface area contributed by atoms with Crippen molar-refractivity contribution in [2.75, 3.05) is 11.9 Å². The van der Waals surface area contributed by atoms with Crippen molar-refractivity contribution >= 4 is 15.5 Å². The maximum atomic E-state index is 12.6. The van der Waals surface area contributed by atoms with Crippen LogP contribution in [0.3, 0.4) is 0 Å². The van der Waals surface area contributed by atoms with E-state index in [9.17, 15) is 17.2 Å². The van der Waals surface area contributed by atoms with E-state index in [1.807, 2.05) is 0 Å². The molecule has 1 aromatic carbocycles. The molecule has 2 rings (SSSR count). The Morgan fingerprint density at radius 2 is 1.95 bits per heavy atom. The van der Waals surface area contributed by atoms with Crippen molar-refractivity contribution in [1.82, 2.24) is 0 Å². The van der Waals surface area contributed by atoms with Crippen LogP contribution in [0.4, 0.5) is 14.5 Å². The van der Waals surface area contributed by atoms with Gasteiger partial charge < -0.3 is 5.32 Å². The Morgan fingerprint density at radius 1 is 1.26 bits per heavy atom. The van der Waals surface area contributed by atoms with Gasteiger partial charge in [-0.2, -0.15) is 8.78 Å². The normalized spacial score (nSPS) is 15.7. The summed E-state index contributed by atoms with van der Waals surface area (Å²) in [6.07, 6.45) is 4.58. The first-order valence-electron chi connectivity index (χ1n) is 6.37. The number of rotatable bonds is 7. The molecule has 0 aromatic heterocycles. The highest BCUT2D eigenvalue weighted by Crippen LogP contribution is 2.33. The monoisotopic (exact) mass is 289 g/mol. The van der Waals surface area contributed by atoms with Gasteiger partial charge in [-0.25, -0.2) is 8.42 Å². The average Bonchev–Trinajstić information content (AvgIpc) is 3.19. The number of halogens is 2. The van der Waals surface area contributed by atoms with Crippen LogP contribution in [-0.4, -0.2) is 20.7 Å². The van der Waals surface area contributed by atoms with Crippen LogP contribution in [0.2, 0.25) is 0 Å². The summed E-state index contributed by atoms with van der Waals surface area (Å²) in [5.74, 6) is -2.58. The van der Waals surface area contributed by atoms with Crippen LogP contribution < -0.4 is 5.32 Å². The van der Waals surface area contributed by atoms with Crippen molar-refractivity contribution < 1.29 is 17.2 Å². The van der Waals surface area contributed by atoms with Gasteiger partial charge in [0.1, 0.15) is 0 Å². The minimum absolute atomic E-state index is 0.263. The summed E-state index contributed by atoms with van der Waals surface area (Å²) >= 11 is 0. The van der Waals surface area contributed by atoms with Gasteiger partial charge in [-0.05, 0) is 30.9 Å². The Labute approximate surface area is 111 Å². The Balaban J connectivity index is 2.03. The van der Waals surface area contributed by atoms with E-state index in [1.54, 1.807) is 6.07 Å². The van der Waals surface area contributed by atoms with Gasteiger partial charge in [-0.15, -0.1) is 0 Å². The second-order valence-corrected chi connectivity index (χ2v) is 6.70. The van der Waals surface area contributed by atoms with Crippen LogP contribution in [0.25, 0.3) is 0 Å². The molecule has 1 fully saturated rings. The Bertz CT molecular complexity index is 527. The van der Waals surface area contributed by atoms with E-state index in [0.29, 0.717) is 6.54 Å². The number of hydrogen-bond acceptors (Lipinski definition) is 3. The van der Waals surface area contributed by atoms with Gasteiger partial charge in [0.15, 0.2) is 0 Å². The van der Waals surface area contributed by atoms with E-state index in [1.165, 1.54) is 31.0 Å². The molecule has 19 heavy (non-hydrogen) atoms. The number of benzene rings is 1. The Kier molecular flexibility index (Phi) is 4.39. The topological polar surface area (TPSA) is 46.2 Å². The van der Waals surface area contributed by atoms with Crippen LogP contribution in [0.1, 0.15) is 25.7 Å². The molecule has 1 N–H and O–H groups in total. The lowest BCUT2D eigenvalue weighted by atomic mass is 10.2. The molecular weight excluding hydrogens is 272 g/mol. The molecule has 1 aliphatic rings. The van der Waals surface area contributed by atoms with Crippen molar-refractivity contribution in [2.24, 2.45) is 5.92 Å². The van der Waals surface area contributed by atoms with Crippen LogP contribution in [0.15, 0.2) is 29.2 Å². The van der Waals surface area contributed by atoms with E-state index in [-0.39, 0.29) is 10.6 Å². The highest BCUT2D eigenvalue weighted by Gasteiger charge is 2.28. The first-order chi connectivity index (χ1) is 9.01. The molecule has 0 bridgehead atoms. The van der Waals surface area contributed by atoms with Gasteiger partial charge in [0.05, 0.1) is 10.6 Å². The lowest BCUT2D eigenvalue weighted by molar-refractivity contribution is 0.235. The van der Waals surface area contributed by atoms with E-state index in [0.717, 1.165) is 18.8 Å². The van der Waals surface area contributed by atoms with Gasteiger partial charge in [0.2, 0.25) is 9.84 Å². The summed E-state index contributed by atoms with van der Waals surface area (Å²) in [7, 11) is -4.54. The maximum absolute atomic E-state index is 12.6. The molecule has 1 aromatic rings. The average molecular weight is 289 g/mol. The minimum Gasteiger partial charge on any atom is -0.384 e. The summed E-state index contributed by atoms with van der Waals surface area (Å²) in [6.45, 7) is 0.603. The van der Waals surface area contributed by atoms with Crippen molar-refractivity contribution in [3.05, 3.63) is 24.3 Å². The summed E-state index contributed by atoms with van der Waals surface area (Å²) < 4.78 is 48.2. The van der Waals surface area contributed by atoms with Gasteiger partial charge in [0.25, 0.3) is 0 Å². The number of nitrogens with one attached hydrogen (secondary N) is 1. The first kappa shape index (κ1) is 14.2. The highest BCUT2D eigenvalue weighted by atomic mass is 32.2. The quantitative estimate of drug-likeness (QED) is 0.783. The fourth-order valence-electron chi connectivity index (χ4n) is 1.98. The van der Waals surface area contributed by atoms with Crippen LogP contribution in [0, 0.1) is 5.92 Å². The molecule has 106 valence electrons. The third kappa shape index (κ3) is 3.65. The first-order valence-corrected chi connectivity index (χ1v) is 7.91. The molecular formula is C13H17F2NO2S. The summed E-state index contributed by atoms with van der Waals surface area (Å²) in [6, 6.07) is 5.81. The Morgan fingerprint density at radius 3 is 2.58 bits per heavy atom. The minimum atomic E-state index is -4.54. The fourth-order valence-corrected chi connectivity index (χ4v) is 2.88. The summed E-state index contributed by atoms with van der Waals surface area (Å²) in [5.41, 5.74) is 0.263. The zero-order valence-electron chi connectivity index (χ0n) is 10.5. The predicted octanol–water partition coefficient (Wildman–Crippen LogP) is 3.29. The Hall–Kier alpha value is -1.17. The highest BCUT2D eigenvalue weighted by molar-refractivity contribution is 7.91. The van der Waals surface area contributed by atoms with Crippen molar-refractivity contribution in [3.63, 3.8) is 0 Å². The molecule has 0 radical (unpaired) electrons. The van der Waals surface area contributed by atoms with Crippen molar-refractivity contribution in [1.29, 1.82) is 0 Å². The van der Waals surface area contributed by atoms with E-state index >= 15 is 0 Å². The summed E-state index contributed by atoms with van der Waals surface area (Å²) in [4.78, 5) is -0.323. The van der Waals surface area contributed by atoms with E-state index in [4.69, 9.17) is 0 Å². The molecule has 0 atom stereocenters. The van der Waals surface area contributed by atoms with Crippen molar-refractivity contribution in [2.45, 2.75) is 36.3 Å². The van der Waals surface area contributed by atoms with E-state index < -0.39 is 15.6 Å². The van der Waals surface area contributed by atoms with Gasteiger partial charge >= 0.3 is 5.76 Å². The van der Waals surface area contributed by atoms with Gasteiger partial charge in [-0.3, -0.25) is 0 Å². The smallest absolute Gasteiger partial charge is 0.341 e. The molecule has 1 saturated carbocycles. The molecule has 0 saturated heterocycles. The largest absolute Gasteiger partial charge is 0.384 e. The predicted molar refractivity (Wildman–Crippen MR) is 70.1 cm³/mol. The molecule has 0 unspecified atom stereocenters. The number of sulfone groups is 1. The number of para-hydroxylation sites is 1. The number of anilines is 1. The molecule has 0 heterocycles. The number of alkyl halides is 2. The second-order valence-electron chi connectivity index (χ2n) is 4.81. The standard InChI is InChI=1S/C13H17F2NO2S/c14-13(15)19(17,18)12-6-2-1-5-11(12)16-9-3-4-10-7-8-10/h1-2,5-6,10,13,16H,3-4,7-9H2. The van der Waals surface area contributed by atoms with E-state index in [2.05, 4.69) is 5.32 Å². The lowest BCUT2D eigenvalue weighted by Gasteiger charge is -2.11. The molecule has 0 spiro atoms. The third-order valence-corrected chi connectivity index (χ3v) is 4.67. The molecule has 3 nitrogen and oxygen atoms in total. The zero-order chi connectivity index (χ0) is 13.9. The van der Waals surface area contributed by atoms with Gasteiger partial charge in [0, 0.05) is 6.54 Å². The fraction of sp³-hybridized carbons (Fsp3) is 0.538. The van der Waals surface area contributed by atoms with Gasteiger partial charge in [-0.1, -0.05) is 25.0 Å². The lowest BCUT2D eigenvalue weighted by Crippen LogP contribution is -2.14. The SMILES string of the molecule is O=S(=O)(c1ccccc1NCCCC1CC1)C(F)F. The van der Waals surface area contributed by atoms with Crippen LogP contribution in [-0.2, 0) is 9.84 Å².